The Hall–Kier alpha value is -1.69. The SMILES string of the molecule is Nc1nc(C(=O)O)nc2ccc(Br)cc12. The predicted octanol–water partition coefficient (Wildman–Crippen LogP) is 1.67. The average Bonchev–Trinajstić information content (AvgIpc) is 2.18. The highest BCUT2D eigenvalue weighted by atomic mass is 79.9. The summed E-state index contributed by atoms with van der Waals surface area (Å²) in [6.45, 7) is 0. The molecule has 1 aromatic heterocycles. The van der Waals surface area contributed by atoms with Gasteiger partial charge in [0.05, 0.1) is 5.52 Å². The van der Waals surface area contributed by atoms with Crippen LogP contribution in [0.2, 0.25) is 0 Å². The normalized spacial score (nSPS) is 10.5. The van der Waals surface area contributed by atoms with Crippen molar-refractivity contribution < 1.29 is 9.90 Å². The number of halogens is 1. The van der Waals surface area contributed by atoms with Crippen molar-refractivity contribution in [3.8, 4) is 0 Å². The molecule has 0 aliphatic heterocycles. The molecule has 0 amide bonds. The van der Waals surface area contributed by atoms with Gasteiger partial charge in [-0.1, -0.05) is 15.9 Å². The molecule has 2 rings (SSSR count). The molecule has 0 atom stereocenters. The second-order valence-electron chi connectivity index (χ2n) is 2.90. The van der Waals surface area contributed by atoms with Crippen molar-refractivity contribution in [2.24, 2.45) is 0 Å². The lowest BCUT2D eigenvalue weighted by molar-refractivity contribution is 0.0684. The smallest absolute Gasteiger partial charge is 0.374 e. The van der Waals surface area contributed by atoms with E-state index in [-0.39, 0.29) is 11.6 Å². The minimum atomic E-state index is -1.19. The molecule has 0 spiro atoms. The molecule has 1 heterocycles. The van der Waals surface area contributed by atoms with Gasteiger partial charge in [-0.25, -0.2) is 14.8 Å². The number of carboxylic acids is 1. The molecule has 0 radical (unpaired) electrons. The van der Waals surface area contributed by atoms with Crippen LogP contribution in [-0.4, -0.2) is 21.0 Å². The van der Waals surface area contributed by atoms with E-state index in [2.05, 4.69) is 25.9 Å². The van der Waals surface area contributed by atoms with Crippen LogP contribution in [0.5, 0.6) is 0 Å². The molecule has 1 aromatic carbocycles. The second kappa shape index (κ2) is 3.47. The van der Waals surface area contributed by atoms with Gasteiger partial charge >= 0.3 is 5.97 Å². The van der Waals surface area contributed by atoms with Gasteiger partial charge in [-0.05, 0) is 18.2 Å². The Morgan fingerprint density at radius 2 is 2.13 bits per heavy atom. The van der Waals surface area contributed by atoms with Gasteiger partial charge < -0.3 is 10.8 Å². The summed E-state index contributed by atoms with van der Waals surface area (Å²) in [5.74, 6) is -1.31. The number of nitrogens with two attached hydrogens (primary N) is 1. The number of aromatic carboxylic acids is 1. The molecule has 5 nitrogen and oxygen atoms in total. The van der Waals surface area contributed by atoms with Gasteiger partial charge in [-0.2, -0.15) is 0 Å². The number of anilines is 1. The lowest BCUT2D eigenvalue weighted by atomic mass is 10.2. The maximum Gasteiger partial charge on any atom is 0.374 e. The van der Waals surface area contributed by atoms with E-state index in [1.807, 2.05) is 0 Å². The third-order valence-electron chi connectivity index (χ3n) is 1.88. The minimum absolute atomic E-state index is 0.165. The van der Waals surface area contributed by atoms with E-state index >= 15 is 0 Å². The van der Waals surface area contributed by atoms with Crippen LogP contribution in [0.25, 0.3) is 10.9 Å². The molecular formula is C9H6BrN3O2. The molecule has 6 heteroatoms. The van der Waals surface area contributed by atoms with E-state index in [9.17, 15) is 4.79 Å². The molecule has 0 bridgehead atoms. The number of rotatable bonds is 1. The lowest BCUT2D eigenvalue weighted by Gasteiger charge is -2.02. The summed E-state index contributed by atoms with van der Waals surface area (Å²) >= 11 is 3.29. The predicted molar refractivity (Wildman–Crippen MR) is 58.6 cm³/mol. The van der Waals surface area contributed by atoms with Gasteiger partial charge in [0.15, 0.2) is 0 Å². The van der Waals surface area contributed by atoms with Crippen molar-refractivity contribution in [3.05, 3.63) is 28.5 Å². The van der Waals surface area contributed by atoms with Crippen molar-refractivity contribution in [1.29, 1.82) is 0 Å². The van der Waals surface area contributed by atoms with Crippen molar-refractivity contribution in [3.63, 3.8) is 0 Å². The topological polar surface area (TPSA) is 89.1 Å². The van der Waals surface area contributed by atoms with Crippen molar-refractivity contribution in [1.82, 2.24) is 9.97 Å². The van der Waals surface area contributed by atoms with Crippen LogP contribution in [0.4, 0.5) is 5.82 Å². The van der Waals surface area contributed by atoms with Gasteiger partial charge in [0.1, 0.15) is 5.82 Å². The Morgan fingerprint density at radius 3 is 2.80 bits per heavy atom. The Labute approximate surface area is 93.1 Å². The fourth-order valence-electron chi connectivity index (χ4n) is 1.22. The van der Waals surface area contributed by atoms with E-state index < -0.39 is 5.97 Å². The van der Waals surface area contributed by atoms with Crippen LogP contribution in [-0.2, 0) is 0 Å². The number of benzene rings is 1. The Bertz CT molecular complexity index is 556. The fraction of sp³-hybridized carbons (Fsp3) is 0. The number of aromatic nitrogens is 2. The quantitative estimate of drug-likeness (QED) is 0.821. The summed E-state index contributed by atoms with van der Waals surface area (Å²) in [6, 6.07) is 5.20. The molecule has 3 N–H and O–H groups in total. The zero-order valence-corrected chi connectivity index (χ0v) is 9.02. The zero-order chi connectivity index (χ0) is 11.0. The van der Waals surface area contributed by atoms with Crippen molar-refractivity contribution in [2.75, 3.05) is 5.73 Å². The molecule has 0 aliphatic rings. The average molecular weight is 268 g/mol. The molecule has 0 saturated heterocycles. The summed E-state index contributed by atoms with van der Waals surface area (Å²) < 4.78 is 0.841. The van der Waals surface area contributed by atoms with E-state index in [1.165, 1.54) is 0 Å². The summed E-state index contributed by atoms with van der Waals surface area (Å²) in [5, 5.41) is 9.37. The highest BCUT2D eigenvalue weighted by Crippen LogP contribution is 2.22. The van der Waals surface area contributed by atoms with E-state index in [4.69, 9.17) is 10.8 Å². The molecule has 0 fully saturated rings. The Balaban J connectivity index is 2.78. The van der Waals surface area contributed by atoms with Crippen LogP contribution < -0.4 is 5.73 Å². The third kappa shape index (κ3) is 1.75. The summed E-state index contributed by atoms with van der Waals surface area (Å²) in [4.78, 5) is 18.2. The number of hydrogen-bond acceptors (Lipinski definition) is 4. The molecule has 0 unspecified atom stereocenters. The number of carbonyl (C=O) groups is 1. The summed E-state index contributed by atoms with van der Waals surface area (Å²) in [5.41, 5.74) is 6.15. The van der Waals surface area contributed by atoms with E-state index in [0.717, 1.165) is 4.47 Å². The van der Waals surface area contributed by atoms with Crippen LogP contribution in [0, 0.1) is 0 Å². The van der Waals surface area contributed by atoms with Crippen LogP contribution in [0.3, 0.4) is 0 Å². The highest BCUT2D eigenvalue weighted by Gasteiger charge is 2.10. The summed E-state index contributed by atoms with van der Waals surface area (Å²) in [7, 11) is 0. The summed E-state index contributed by atoms with van der Waals surface area (Å²) in [6.07, 6.45) is 0. The van der Waals surface area contributed by atoms with Gasteiger partial charge in [0.25, 0.3) is 0 Å². The fourth-order valence-corrected chi connectivity index (χ4v) is 1.58. The number of carboxylic acid groups (broad SMARTS) is 1. The van der Waals surface area contributed by atoms with Gasteiger partial charge in [0.2, 0.25) is 5.82 Å². The van der Waals surface area contributed by atoms with E-state index in [0.29, 0.717) is 10.9 Å². The van der Waals surface area contributed by atoms with Crippen LogP contribution in [0.15, 0.2) is 22.7 Å². The van der Waals surface area contributed by atoms with Crippen molar-refractivity contribution in [2.45, 2.75) is 0 Å². The number of fused-ring (bicyclic) bond motifs is 1. The maximum atomic E-state index is 10.7. The number of nitrogen functional groups attached to an aromatic ring is 1. The number of hydrogen-bond donors (Lipinski definition) is 2. The number of nitrogens with zero attached hydrogens (tertiary/aromatic N) is 2. The largest absolute Gasteiger partial charge is 0.475 e. The molecular weight excluding hydrogens is 262 g/mol. The van der Waals surface area contributed by atoms with Gasteiger partial charge in [0, 0.05) is 9.86 Å². The first-order chi connectivity index (χ1) is 7.08. The standard InChI is InChI=1S/C9H6BrN3O2/c10-4-1-2-6-5(3-4)7(11)13-8(12-6)9(14)15/h1-3H,(H,14,15)(H2,11,12,13). The van der Waals surface area contributed by atoms with E-state index in [1.54, 1.807) is 18.2 Å². The van der Waals surface area contributed by atoms with Crippen molar-refractivity contribution >= 4 is 38.6 Å². The lowest BCUT2D eigenvalue weighted by Crippen LogP contribution is -2.06. The first-order valence-corrected chi connectivity index (χ1v) is 4.83. The molecule has 15 heavy (non-hydrogen) atoms. The molecule has 76 valence electrons. The third-order valence-corrected chi connectivity index (χ3v) is 2.37. The molecule has 2 aromatic rings. The van der Waals surface area contributed by atoms with Gasteiger partial charge in [-0.3, -0.25) is 0 Å². The van der Waals surface area contributed by atoms with Gasteiger partial charge in [-0.15, -0.1) is 0 Å². The zero-order valence-electron chi connectivity index (χ0n) is 7.44. The highest BCUT2D eigenvalue weighted by molar-refractivity contribution is 9.10. The molecule has 0 aliphatic carbocycles. The second-order valence-corrected chi connectivity index (χ2v) is 3.81. The first kappa shape index (κ1) is 9.85. The maximum absolute atomic E-state index is 10.7. The van der Waals surface area contributed by atoms with Crippen LogP contribution >= 0.6 is 15.9 Å². The monoisotopic (exact) mass is 267 g/mol. The Morgan fingerprint density at radius 1 is 1.40 bits per heavy atom. The molecule has 0 saturated carbocycles. The minimum Gasteiger partial charge on any atom is -0.475 e. The van der Waals surface area contributed by atoms with Crippen LogP contribution in [0.1, 0.15) is 10.6 Å². The Kier molecular flexibility index (Phi) is 2.28. The first-order valence-electron chi connectivity index (χ1n) is 4.04.